The molecule has 1 aliphatic carbocycles. The number of sulfone groups is 1. The van der Waals surface area contributed by atoms with Crippen molar-refractivity contribution in [3.8, 4) is 0 Å². The van der Waals surface area contributed by atoms with Crippen LogP contribution in [0.5, 0.6) is 0 Å². The summed E-state index contributed by atoms with van der Waals surface area (Å²) in [6.45, 7) is 4.20. The Kier molecular flexibility index (Phi) is 4.10. The van der Waals surface area contributed by atoms with E-state index in [1.807, 2.05) is 0 Å². The van der Waals surface area contributed by atoms with Crippen molar-refractivity contribution in [2.75, 3.05) is 6.26 Å². The third-order valence-corrected chi connectivity index (χ3v) is 7.08. The van der Waals surface area contributed by atoms with E-state index in [2.05, 4.69) is 13.8 Å². The van der Waals surface area contributed by atoms with Gasteiger partial charge in [0.1, 0.15) is 0 Å². The maximum atomic E-state index is 12.6. The molecule has 2 rings (SSSR count). The van der Waals surface area contributed by atoms with Crippen LogP contribution in [0.15, 0.2) is 34.1 Å². The zero-order valence-electron chi connectivity index (χ0n) is 12.0. The van der Waals surface area contributed by atoms with Gasteiger partial charge in [-0.15, -0.1) is 0 Å². The van der Waals surface area contributed by atoms with Gasteiger partial charge >= 0.3 is 0 Å². The van der Waals surface area contributed by atoms with E-state index in [9.17, 15) is 12.6 Å². The van der Waals surface area contributed by atoms with Crippen molar-refractivity contribution in [2.45, 2.75) is 47.8 Å². The Morgan fingerprint density at radius 3 is 2.20 bits per heavy atom. The van der Waals surface area contributed by atoms with Crippen LogP contribution < -0.4 is 5.73 Å². The lowest BCUT2D eigenvalue weighted by molar-refractivity contribution is 0.334. The van der Waals surface area contributed by atoms with E-state index in [-0.39, 0.29) is 21.6 Å². The van der Waals surface area contributed by atoms with E-state index in [4.69, 9.17) is 5.73 Å². The predicted octanol–water partition coefficient (Wildman–Crippen LogP) is 1.71. The second-order valence-corrected chi connectivity index (χ2v) is 9.82. The minimum absolute atomic E-state index is 0.00697. The highest BCUT2D eigenvalue weighted by atomic mass is 32.2. The largest absolute Gasteiger partial charge is 0.326 e. The third kappa shape index (κ3) is 2.97. The van der Waals surface area contributed by atoms with Gasteiger partial charge in [0.2, 0.25) is 0 Å². The first-order valence-corrected chi connectivity index (χ1v) is 9.70. The lowest BCUT2D eigenvalue weighted by Crippen LogP contribution is -2.41. The Balaban J connectivity index is 2.23. The Morgan fingerprint density at radius 1 is 1.25 bits per heavy atom. The Labute approximate surface area is 123 Å². The van der Waals surface area contributed by atoms with E-state index >= 15 is 0 Å². The molecule has 1 fully saturated rings. The first kappa shape index (κ1) is 15.7. The lowest BCUT2D eigenvalue weighted by Gasteiger charge is -2.26. The Morgan fingerprint density at radius 2 is 1.80 bits per heavy atom. The van der Waals surface area contributed by atoms with Gasteiger partial charge < -0.3 is 5.73 Å². The maximum Gasteiger partial charge on any atom is 0.175 e. The minimum Gasteiger partial charge on any atom is -0.326 e. The second-order valence-electron chi connectivity index (χ2n) is 6.13. The molecule has 0 bridgehead atoms. The molecule has 1 aliphatic rings. The minimum atomic E-state index is -3.22. The SMILES string of the molecule is CC1(C)CCC(S(=O)c2ccc(S(C)(=O)=O)cc2)C1N. The van der Waals surface area contributed by atoms with Crippen LogP contribution in [0.2, 0.25) is 0 Å². The molecule has 0 amide bonds. The molecule has 1 saturated carbocycles. The van der Waals surface area contributed by atoms with Crippen LogP contribution in [0.3, 0.4) is 0 Å². The molecule has 112 valence electrons. The smallest absolute Gasteiger partial charge is 0.175 e. The quantitative estimate of drug-likeness (QED) is 0.921. The van der Waals surface area contributed by atoms with Gasteiger partial charge in [-0.2, -0.15) is 0 Å². The molecule has 1 aromatic rings. The zero-order valence-corrected chi connectivity index (χ0v) is 13.6. The predicted molar refractivity (Wildman–Crippen MR) is 80.7 cm³/mol. The van der Waals surface area contributed by atoms with Gasteiger partial charge in [-0.3, -0.25) is 4.21 Å². The van der Waals surface area contributed by atoms with E-state index in [0.717, 1.165) is 19.1 Å². The molecule has 4 nitrogen and oxygen atoms in total. The highest BCUT2D eigenvalue weighted by molar-refractivity contribution is 7.90. The molecule has 1 aromatic carbocycles. The average molecular weight is 315 g/mol. The van der Waals surface area contributed by atoms with Crippen molar-refractivity contribution in [2.24, 2.45) is 11.1 Å². The monoisotopic (exact) mass is 315 g/mol. The fourth-order valence-corrected chi connectivity index (χ4v) is 4.95. The molecule has 0 spiro atoms. The normalized spacial score (nSPS) is 27.4. The molecule has 0 heterocycles. The van der Waals surface area contributed by atoms with Gasteiger partial charge in [0.15, 0.2) is 9.84 Å². The van der Waals surface area contributed by atoms with Crippen molar-refractivity contribution >= 4 is 20.6 Å². The van der Waals surface area contributed by atoms with Gasteiger partial charge in [-0.05, 0) is 42.5 Å². The molecule has 3 atom stereocenters. The van der Waals surface area contributed by atoms with Crippen LogP contribution in [-0.2, 0) is 20.6 Å². The molecule has 20 heavy (non-hydrogen) atoms. The first-order chi connectivity index (χ1) is 9.13. The standard InChI is InChI=1S/C14H21NO3S2/c1-14(2)9-8-12(13(14)15)19(16)10-4-6-11(7-5-10)20(3,17)18/h4-7,12-13H,8-9,15H2,1-3H3. The fraction of sp³-hybridized carbons (Fsp3) is 0.571. The second kappa shape index (κ2) is 5.24. The van der Waals surface area contributed by atoms with Gasteiger partial charge in [0, 0.05) is 17.2 Å². The Bertz CT molecular complexity index is 620. The van der Waals surface area contributed by atoms with Crippen molar-refractivity contribution in [1.29, 1.82) is 0 Å². The number of hydrogen-bond acceptors (Lipinski definition) is 4. The summed E-state index contributed by atoms with van der Waals surface area (Å²) in [5, 5.41) is -0.0610. The van der Waals surface area contributed by atoms with Gasteiger partial charge in [-0.25, -0.2) is 8.42 Å². The van der Waals surface area contributed by atoms with E-state index in [0.29, 0.717) is 4.90 Å². The molecule has 0 aromatic heterocycles. The topological polar surface area (TPSA) is 77.2 Å². The molecule has 2 N–H and O–H groups in total. The fourth-order valence-electron chi connectivity index (χ4n) is 2.60. The van der Waals surface area contributed by atoms with E-state index in [1.54, 1.807) is 12.1 Å². The molecule has 0 saturated heterocycles. The summed E-state index contributed by atoms with van der Waals surface area (Å²) >= 11 is 0. The highest BCUT2D eigenvalue weighted by Gasteiger charge is 2.42. The highest BCUT2D eigenvalue weighted by Crippen LogP contribution is 2.39. The first-order valence-electron chi connectivity index (χ1n) is 6.59. The molecule has 6 heteroatoms. The van der Waals surface area contributed by atoms with Crippen LogP contribution in [0, 0.1) is 5.41 Å². The van der Waals surface area contributed by atoms with Gasteiger partial charge in [0.25, 0.3) is 0 Å². The summed E-state index contributed by atoms with van der Waals surface area (Å²) in [4.78, 5) is 0.893. The van der Waals surface area contributed by atoms with Crippen LogP contribution in [0.4, 0.5) is 0 Å². The summed E-state index contributed by atoms with van der Waals surface area (Å²) in [6.07, 6.45) is 2.97. The van der Waals surface area contributed by atoms with Crippen molar-refractivity contribution < 1.29 is 12.6 Å². The van der Waals surface area contributed by atoms with Crippen molar-refractivity contribution in [3.05, 3.63) is 24.3 Å². The third-order valence-electron chi connectivity index (χ3n) is 4.14. The van der Waals surface area contributed by atoms with Crippen molar-refractivity contribution in [1.82, 2.24) is 0 Å². The van der Waals surface area contributed by atoms with E-state index < -0.39 is 20.6 Å². The molecular weight excluding hydrogens is 294 g/mol. The van der Waals surface area contributed by atoms with Crippen molar-refractivity contribution in [3.63, 3.8) is 0 Å². The van der Waals surface area contributed by atoms with Crippen LogP contribution in [0.25, 0.3) is 0 Å². The number of benzene rings is 1. The van der Waals surface area contributed by atoms with Crippen LogP contribution in [0.1, 0.15) is 26.7 Å². The molecule has 3 unspecified atom stereocenters. The van der Waals surface area contributed by atoms with Crippen LogP contribution in [-0.4, -0.2) is 30.2 Å². The van der Waals surface area contributed by atoms with E-state index in [1.165, 1.54) is 12.1 Å². The molecule has 0 radical (unpaired) electrons. The summed E-state index contributed by atoms with van der Waals surface area (Å²) < 4.78 is 35.4. The average Bonchev–Trinajstić information content (AvgIpc) is 2.63. The lowest BCUT2D eigenvalue weighted by atomic mass is 9.88. The maximum absolute atomic E-state index is 12.6. The summed E-state index contributed by atoms with van der Waals surface area (Å²) in [5.74, 6) is 0. The number of nitrogens with two attached hydrogens (primary N) is 1. The van der Waals surface area contributed by atoms with Crippen LogP contribution >= 0.6 is 0 Å². The number of hydrogen-bond donors (Lipinski definition) is 1. The summed E-state index contributed by atoms with van der Waals surface area (Å²) in [6, 6.07) is 6.18. The molecule has 0 aliphatic heterocycles. The zero-order chi connectivity index (χ0) is 15.1. The van der Waals surface area contributed by atoms with Gasteiger partial charge in [0.05, 0.1) is 20.9 Å². The molecular formula is C14H21NO3S2. The number of rotatable bonds is 3. The summed E-state index contributed by atoms with van der Waals surface area (Å²) in [7, 11) is -4.41. The Hall–Kier alpha value is -0.720. The summed E-state index contributed by atoms with van der Waals surface area (Å²) in [5.41, 5.74) is 6.21. The van der Waals surface area contributed by atoms with Gasteiger partial charge in [-0.1, -0.05) is 13.8 Å².